The monoisotopic (exact) mass is 419 g/mol. The molecule has 0 aliphatic rings. The number of nitrogen functional groups attached to an aromatic ring is 1. The molecule has 152 valence electrons. The second kappa shape index (κ2) is 8.50. The van der Waals surface area contributed by atoms with E-state index in [-0.39, 0.29) is 5.95 Å². The molecule has 0 amide bonds. The molecule has 0 aliphatic carbocycles. The molecule has 0 radical (unpaired) electrons. The number of nitrogens with one attached hydrogen (secondary N) is 1. The summed E-state index contributed by atoms with van der Waals surface area (Å²) >= 11 is 1.35. The number of thioether (sulfide) groups is 1. The Bertz CT molecular complexity index is 1170. The average molecular weight is 420 g/mol. The Balaban J connectivity index is 1.45. The fraction of sp³-hybridized carbons (Fsp3) is 0.190. The molecule has 30 heavy (non-hydrogen) atoms. The van der Waals surface area contributed by atoms with Crippen LogP contribution in [0.4, 0.5) is 17.6 Å². The molecule has 8 nitrogen and oxygen atoms in total. The van der Waals surface area contributed by atoms with Gasteiger partial charge in [0, 0.05) is 11.3 Å². The second-order valence-electron chi connectivity index (χ2n) is 6.89. The van der Waals surface area contributed by atoms with Gasteiger partial charge in [0.15, 0.2) is 0 Å². The van der Waals surface area contributed by atoms with Crippen molar-refractivity contribution in [3.8, 4) is 11.5 Å². The summed E-state index contributed by atoms with van der Waals surface area (Å²) in [6.45, 7) is 6.15. The van der Waals surface area contributed by atoms with Crippen LogP contribution in [0.5, 0.6) is 0 Å². The van der Waals surface area contributed by atoms with E-state index in [2.05, 4.69) is 44.3 Å². The lowest BCUT2D eigenvalue weighted by atomic mass is 10.1. The van der Waals surface area contributed by atoms with Crippen LogP contribution in [0.2, 0.25) is 0 Å². The van der Waals surface area contributed by atoms with Crippen LogP contribution in [-0.4, -0.2) is 25.1 Å². The SMILES string of the molecule is Cc1ccc(Nc2nc(N)nc(CSc3nnc(-c4ccc(C)c(C)c4)o3)n2)cc1. The first-order valence-electron chi connectivity index (χ1n) is 9.34. The van der Waals surface area contributed by atoms with Gasteiger partial charge >= 0.3 is 0 Å². The summed E-state index contributed by atoms with van der Waals surface area (Å²) in [7, 11) is 0. The lowest BCUT2D eigenvalue weighted by Crippen LogP contribution is -2.06. The first kappa shape index (κ1) is 19.8. The minimum absolute atomic E-state index is 0.150. The van der Waals surface area contributed by atoms with Gasteiger partial charge in [-0.25, -0.2) is 0 Å². The number of aryl methyl sites for hydroxylation is 3. The molecule has 3 N–H and O–H groups in total. The van der Waals surface area contributed by atoms with Gasteiger partial charge in [-0.15, -0.1) is 10.2 Å². The zero-order chi connectivity index (χ0) is 21.1. The van der Waals surface area contributed by atoms with E-state index in [1.165, 1.54) is 28.5 Å². The molecule has 0 saturated carbocycles. The van der Waals surface area contributed by atoms with Crippen molar-refractivity contribution in [3.63, 3.8) is 0 Å². The van der Waals surface area contributed by atoms with E-state index in [1.54, 1.807) is 0 Å². The molecule has 4 aromatic rings. The molecule has 2 heterocycles. The summed E-state index contributed by atoms with van der Waals surface area (Å²) in [5, 5.41) is 11.8. The third-order valence-corrected chi connectivity index (χ3v) is 5.31. The highest BCUT2D eigenvalue weighted by atomic mass is 32.2. The molecule has 0 bridgehead atoms. The van der Waals surface area contributed by atoms with Gasteiger partial charge < -0.3 is 15.5 Å². The topological polar surface area (TPSA) is 116 Å². The Hall–Kier alpha value is -3.46. The Morgan fingerprint density at radius 3 is 2.50 bits per heavy atom. The maximum absolute atomic E-state index is 5.85. The number of nitrogens with zero attached hydrogens (tertiary/aromatic N) is 5. The van der Waals surface area contributed by atoms with Crippen molar-refractivity contribution in [3.05, 3.63) is 65.0 Å². The first-order valence-corrected chi connectivity index (χ1v) is 10.3. The summed E-state index contributed by atoms with van der Waals surface area (Å²) in [5.74, 6) is 1.97. The van der Waals surface area contributed by atoms with Gasteiger partial charge in [-0.2, -0.15) is 15.0 Å². The Labute approximate surface area is 178 Å². The van der Waals surface area contributed by atoms with E-state index in [0.717, 1.165) is 11.3 Å². The number of aromatic nitrogens is 5. The van der Waals surface area contributed by atoms with Crippen LogP contribution in [0.3, 0.4) is 0 Å². The van der Waals surface area contributed by atoms with E-state index < -0.39 is 0 Å². The van der Waals surface area contributed by atoms with Gasteiger partial charge in [0.2, 0.25) is 17.8 Å². The molecular formula is C21H21N7OS. The molecule has 0 spiro atoms. The van der Waals surface area contributed by atoms with Gasteiger partial charge in [-0.1, -0.05) is 35.5 Å². The molecule has 0 saturated heterocycles. The molecular weight excluding hydrogens is 398 g/mol. The second-order valence-corrected chi connectivity index (χ2v) is 7.81. The zero-order valence-electron chi connectivity index (χ0n) is 16.9. The van der Waals surface area contributed by atoms with Gasteiger partial charge in [-0.05, 0) is 56.2 Å². The number of hydrogen-bond acceptors (Lipinski definition) is 9. The third kappa shape index (κ3) is 4.74. The molecule has 0 unspecified atom stereocenters. The summed E-state index contributed by atoms with van der Waals surface area (Å²) < 4.78 is 5.78. The molecule has 9 heteroatoms. The quantitative estimate of drug-likeness (QED) is 0.437. The van der Waals surface area contributed by atoms with E-state index in [9.17, 15) is 0 Å². The predicted molar refractivity (Wildman–Crippen MR) is 117 cm³/mol. The van der Waals surface area contributed by atoms with Crippen molar-refractivity contribution < 1.29 is 4.42 Å². The summed E-state index contributed by atoms with van der Waals surface area (Å²) in [4.78, 5) is 12.8. The van der Waals surface area contributed by atoms with Crippen LogP contribution in [0.25, 0.3) is 11.5 Å². The predicted octanol–water partition coefficient (Wildman–Crippen LogP) is 4.46. The van der Waals surface area contributed by atoms with Crippen LogP contribution < -0.4 is 11.1 Å². The normalized spacial score (nSPS) is 10.9. The highest BCUT2D eigenvalue weighted by molar-refractivity contribution is 7.98. The molecule has 0 atom stereocenters. The van der Waals surface area contributed by atoms with Crippen molar-refractivity contribution in [1.29, 1.82) is 0 Å². The van der Waals surface area contributed by atoms with Crippen LogP contribution in [-0.2, 0) is 5.75 Å². The maximum Gasteiger partial charge on any atom is 0.277 e. The summed E-state index contributed by atoms with van der Waals surface area (Å²) in [5.41, 5.74) is 11.2. The number of benzene rings is 2. The van der Waals surface area contributed by atoms with Gasteiger partial charge in [-0.3, -0.25) is 0 Å². The Morgan fingerprint density at radius 1 is 0.933 bits per heavy atom. The minimum Gasteiger partial charge on any atom is -0.411 e. The van der Waals surface area contributed by atoms with Gasteiger partial charge in [0.1, 0.15) is 5.82 Å². The van der Waals surface area contributed by atoms with E-state index in [4.69, 9.17) is 10.2 Å². The zero-order valence-corrected chi connectivity index (χ0v) is 17.7. The Kier molecular flexibility index (Phi) is 5.62. The molecule has 2 aromatic heterocycles. The highest BCUT2D eigenvalue weighted by Crippen LogP contribution is 2.26. The lowest BCUT2D eigenvalue weighted by Gasteiger charge is -2.07. The lowest BCUT2D eigenvalue weighted by molar-refractivity contribution is 0.465. The van der Waals surface area contributed by atoms with Crippen molar-refractivity contribution in [2.45, 2.75) is 31.7 Å². The molecule has 0 fully saturated rings. The van der Waals surface area contributed by atoms with Crippen molar-refractivity contribution in [2.75, 3.05) is 11.1 Å². The van der Waals surface area contributed by atoms with Crippen molar-refractivity contribution in [1.82, 2.24) is 25.1 Å². The van der Waals surface area contributed by atoms with E-state index in [1.807, 2.05) is 49.4 Å². The maximum atomic E-state index is 5.85. The highest BCUT2D eigenvalue weighted by Gasteiger charge is 2.12. The van der Waals surface area contributed by atoms with Crippen LogP contribution in [0.15, 0.2) is 52.1 Å². The molecule has 2 aromatic carbocycles. The number of nitrogens with two attached hydrogens (primary N) is 1. The summed E-state index contributed by atoms with van der Waals surface area (Å²) in [6.07, 6.45) is 0. The molecule has 4 rings (SSSR count). The minimum atomic E-state index is 0.150. The number of anilines is 3. The van der Waals surface area contributed by atoms with E-state index >= 15 is 0 Å². The van der Waals surface area contributed by atoms with Crippen LogP contribution >= 0.6 is 11.8 Å². The van der Waals surface area contributed by atoms with Crippen molar-refractivity contribution >= 4 is 29.3 Å². The number of hydrogen-bond donors (Lipinski definition) is 2. The van der Waals surface area contributed by atoms with Gasteiger partial charge in [0.25, 0.3) is 5.22 Å². The fourth-order valence-corrected chi connectivity index (χ4v) is 3.33. The third-order valence-electron chi connectivity index (χ3n) is 4.49. The largest absolute Gasteiger partial charge is 0.411 e. The van der Waals surface area contributed by atoms with Gasteiger partial charge in [0.05, 0.1) is 5.75 Å². The Morgan fingerprint density at radius 2 is 1.73 bits per heavy atom. The van der Waals surface area contributed by atoms with Crippen LogP contribution in [0, 0.1) is 20.8 Å². The number of rotatable bonds is 6. The van der Waals surface area contributed by atoms with Crippen LogP contribution in [0.1, 0.15) is 22.5 Å². The smallest absolute Gasteiger partial charge is 0.277 e. The average Bonchev–Trinajstić information content (AvgIpc) is 3.19. The van der Waals surface area contributed by atoms with E-state index in [0.29, 0.717) is 28.6 Å². The fourth-order valence-electron chi connectivity index (χ4n) is 2.71. The summed E-state index contributed by atoms with van der Waals surface area (Å²) in [6, 6.07) is 14.0. The molecule has 0 aliphatic heterocycles. The van der Waals surface area contributed by atoms with Crippen molar-refractivity contribution in [2.24, 2.45) is 0 Å². The standard InChI is InChI=1S/C21H21N7OS/c1-12-4-8-16(9-5-12)23-20-25-17(24-19(22)26-20)11-30-21-28-27-18(29-21)15-7-6-13(2)14(3)10-15/h4-10H,11H2,1-3H3,(H3,22,23,24,25,26). The first-order chi connectivity index (χ1) is 14.5.